The fraction of sp³-hybridized carbons (Fsp3) is 0.273. The fourth-order valence-electron chi connectivity index (χ4n) is 3.80. The van der Waals surface area contributed by atoms with E-state index in [9.17, 15) is 0 Å². The summed E-state index contributed by atoms with van der Waals surface area (Å²) in [6.45, 7) is 2.87. The van der Waals surface area contributed by atoms with Crippen LogP contribution in [0.2, 0.25) is 0 Å². The van der Waals surface area contributed by atoms with Crippen molar-refractivity contribution < 1.29 is 9.47 Å². The normalized spacial score (nSPS) is 14.7. The lowest BCUT2D eigenvalue weighted by molar-refractivity contribution is 0.161. The first-order valence-corrected chi connectivity index (χ1v) is 9.53. The Morgan fingerprint density at radius 1 is 1.25 bits per heavy atom. The number of rotatable bonds is 5. The van der Waals surface area contributed by atoms with E-state index in [2.05, 4.69) is 57.4 Å². The highest BCUT2D eigenvalue weighted by molar-refractivity contribution is 5.94. The Balaban J connectivity index is 1.70. The molecule has 0 saturated heterocycles. The van der Waals surface area contributed by atoms with E-state index in [1.807, 2.05) is 6.20 Å². The zero-order valence-corrected chi connectivity index (χ0v) is 15.8. The molecule has 0 spiro atoms. The molecule has 28 heavy (non-hydrogen) atoms. The Bertz CT molecular complexity index is 1170. The van der Waals surface area contributed by atoms with Gasteiger partial charge in [0.05, 0.1) is 48.4 Å². The minimum Gasteiger partial charge on any atom is -0.383 e. The van der Waals surface area contributed by atoms with Crippen molar-refractivity contribution in [3.8, 4) is 11.3 Å². The number of H-pyrrole nitrogens is 1. The number of pyridine rings is 1. The van der Waals surface area contributed by atoms with Crippen LogP contribution in [0, 0.1) is 0 Å². The van der Waals surface area contributed by atoms with Crippen molar-refractivity contribution >= 4 is 27.4 Å². The van der Waals surface area contributed by atoms with E-state index in [-0.39, 0.29) is 0 Å². The quantitative estimate of drug-likeness (QED) is 0.573. The Labute approximate surface area is 162 Å². The number of methoxy groups -OCH3 is 1. The molecule has 4 aromatic rings. The van der Waals surface area contributed by atoms with Crippen molar-refractivity contribution in [2.24, 2.45) is 0 Å². The van der Waals surface area contributed by atoms with Crippen LogP contribution < -0.4 is 0 Å². The molecule has 0 amide bonds. The molecule has 0 bridgehead atoms. The van der Waals surface area contributed by atoms with Crippen LogP contribution in [0.3, 0.4) is 0 Å². The van der Waals surface area contributed by atoms with Gasteiger partial charge in [-0.1, -0.05) is 18.2 Å². The molecule has 5 rings (SSSR count). The van der Waals surface area contributed by atoms with Crippen molar-refractivity contribution in [1.82, 2.24) is 19.7 Å². The zero-order valence-electron chi connectivity index (χ0n) is 15.8. The summed E-state index contributed by atoms with van der Waals surface area (Å²) in [4.78, 5) is 5.08. The largest absolute Gasteiger partial charge is 0.383 e. The van der Waals surface area contributed by atoms with Crippen LogP contribution in [0.4, 0.5) is 0 Å². The lowest BCUT2D eigenvalue weighted by Gasteiger charge is -2.16. The van der Waals surface area contributed by atoms with Crippen LogP contribution in [0.25, 0.3) is 38.6 Å². The highest BCUT2D eigenvalue weighted by atomic mass is 16.5. The molecule has 1 aromatic carbocycles. The molecule has 1 aliphatic rings. The van der Waals surface area contributed by atoms with Crippen molar-refractivity contribution in [2.75, 3.05) is 26.9 Å². The first kappa shape index (κ1) is 17.2. The van der Waals surface area contributed by atoms with Crippen molar-refractivity contribution in [2.45, 2.75) is 13.0 Å². The topological polar surface area (TPSA) is 65.0 Å². The molecule has 0 radical (unpaired) electrons. The van der Waals surface area contributed by atoms with E-state index in [0.29, 0.717) is 13.2 Å². The number of aromatic amines is 1. The van der Waals surface area contributed by atoms with Crippen molar-refractivity contribution in [1.29, 1.82) is 0 Å². The van der Waals surface area contributed by atoms with Crippen LogP contribution in [-0.2, 0) is 16.0 Å². The lowest BCUT2D eigenvalue weighted by atomic mass is 10.0. The highest BCUT2D eigenvalue weighted by Crippen LogP contribution is 2.32. The number of aromatic nitrogens is 4. The van der Waals surface area contributed by atoms with Crippen LogP contribution in [-0.4, -0.2) is 46.7 Å². The Hall–Kier alpha value is -2.96. The maximum atomic E-state index is 5.51. The number of benzene rings is 1. The second-order valence-corrected chi connectivity index (χ2v) is 7.02. The van der Waals surface area contributed by atoms with Gasteiger partial charge in [0.2, 0.25) is 0 Å². The first-order chi connectivity index (χ1) is 13.8. The molecule has 4 heterocycles. The van der Waals surface area contributed by atoms with Gasteiger partial charge in [-0.25, -0.2) is 4.98 Å². The predicted molar refractivity (Wildman–Crippen MR) is 110 cm³/mol. The number of fused-ring (bicyclic) bond motifs is 2. The summed E-state index contributed by atoms with van der Waals surface area (Å²) < 4.78 is 13.0. The smallest absolute Gasteiger partial charge is 0.0761 e. The average Bonchev–Trinajstić information content (AvgIpc) is 3.38. The summed E-state index contributed by atoms with van der Waals surface area (Å²) in [5.41, 5.74) is 6.54. The van der Waals surface area contributed by atoms with Crippen LogP contribution in [0.15, 0.2) is 48.8 Å². The van der Waals surface area contributed by atoms with E-state index < -0.39 is 0 Å². The fourth-order valence-corrected chi connectivity index (χ4v) is 3.80. The molecule has 0 unspecified atom stereocenters. The summed E-state index contributed by atoms with van der Waals surface area (Å²) in [6.07, 6.45) is 6.99. The molecule has 3 aromatic heterocycles. The zero-order chi connectivity index (χ0) is 18.9. The van der Waals surface area contributed by atoms with Gasteiger partial charge in [0, 0.05) is 36.2 Å². The van der Waals surface area contributed by atoms with Gasteiger partial charge in [-0.05, 0) is 30.2 Å². The molecular weight excluding hydrogens is 352 g/mol. The Morgan fingerprint density at radius 2 is 2.21 bits per heavy atom. The monoisotopic (exact) mass is 374 g/mol. The van der Waals surface area contributed by atoms with Crippen LogP contribution in [0.1, 0.15) is 12.1 Å². The summed E-state index contributed by atoms with van der Waals surface area (Å²) in [6, 6.07) is 10.6. The van der Waals surface area contributed by atoms with Gasteiger partial charge in [0.1, 0.15) is 0 Å². The van der Waals surface area contributed by atoms with Crippen LogP contribution in [0.5, 0.6) is 0 Å². The van der Waals surface area contributed by atoms with E-state index >= 15 is 0 Å². The molecule has 142 valence electrons. The summed E-state index contributed by atoms with van der Waals surface area (Å²) >= 11 is 0. The lowest BCUT2D eigenvalue weighted by Crippen LogP contribution is -2.06. The van der Waals surface area contributed by atoms with Gasteiger partial charge in [-0.2, -0.15) is 5.10 Å². The van der Waals surface area contributed by atoms with E-state index in [1.165, 1.54) is 16.5 Å². The van der Waals surface area contributed by atoms with Gasteiger partial charge in [0.25, 0.3) is 0 Å². The van der Waals surface area contributed by atoms with Gasteiger partial charge >= 0.3 is 0 Å². The third kappa shape index (κ3) is 3.00. The maximum Gasteiger partial charge on any atom is 0.0761 e. The molecule has 6 nitrogen and oxygen atoms in total. The number of hydrogen-bond acceptors (Lipinski definition) is 4. The minimum absolute atomic E-state index is 0.646. The number of ether oxygens (including phenoxy) is 2. The predicted octanol–water partition coefficient (Wildman–Crippen LogP) is 4.03. The third-order valence-electron chi connectivity index (χ3n) is 5.31. The van der Waals surface area contributed by atoms with Crippen molar-refractivity contribution in [3.63, 3.8) is 0 Å². The molecule has 1 N–H and O–H groups in total. The van der Waals surface area contributed by atoms with E-state index in [4.69, 9.17) is 14.5 Å². The van der Waals surface area contributed by atoms with Gasteiger partial charge < -0.3 is 14.0 Å². The molecule has 6 heteroatoms. The first-order valence-electron chi connectivity index (χ1n) is 9.53. The van der Waals surface area contributed by atoms with Crippen molar-refractivity contribution in [3.05, 3.63) is 54.5 Å². The van der Waals surface area contributed by atoms with Gasteiger partial charge in [0.15, 0.2) is 0 Å². The Kier molecular flexibility index (Phi) is 4.43. The summed E-state index contributed by atoms with van der Waals surface area (Å²) in [7, 11) is 1.73. The summed E-state index contributed by atoms with van der Waals surface area (Å²) in [5.74, 6) is 0. The van der Waals surface area contributed by atoms with E-state index in [0.717, 1.165) is 47.4 Å². The second kappa shape index (κ2) is 7.22. The Morgan fingerprint density at radius 3 is 3.07 bits per heavy atom. The molecule has 0 saturated carbocycles. The second-order valence-electron chi connectivity index (χ2n) is 7.02. The number of nitrogens with one attached hydrogen (secondary N) is 1. The number of nitrogens with zero attached hydrogens (tertiary/aromatic N) is 3. The molecule has 0 atom stereocenters. The minimum atomic E-state index is 0.646. The average molecular weight is 374 g/mol. The SMILES string of the molecule is COCCn1ccc2c(C3=CCOCC3)nc(-c3ccc4cn[nH]c4c3)cc21. The standard InChI is InChI=1S/C22H22N4O2/c1-27-11-8-26-7-4-18-21(26)13-19(24-22(18)15-5-9-28-10-6-15)16-2-3-17-14-23-25-20(17)12-16/h2-5,7,12-14H,6,8-11H2,1H3,(H,23,25). The highest BCUT2D eigenvalue weighted by Gasteiger charge is 2.16. The molecule has 1 aliphatic heterocycles. The molecule has 0 fully saturated rings. The maximum absolute atomic E-state index is 5.51. The third-order valence-corrected chi connectivity index (χ3v) is 5.31. The van der Waals surface area contributed by atoms with E-state index in [1.54, 1.807) is 7.11 Å². The molecule has 0 aliphatic carbocycles. The summed E-state index contributed by atoms with van der Waals surface area (Å²) in [5, 5.41) is 9.46. The molecular formula is C22H22N4O2. The van der Waals surface area contributed by atoms with Crippen LogP contribution >= 0.6 is 0 Å². The van der Waals surface area contributed by atoms with Gasteiger partial charge in [-0.3, -0.25) is 5.10 Å². The number of hydrogen-bond donors (Lipinski definition) is 1. The van der Waals surface area contributed by atoms with Gasteiger partial charge in [-0.15, -0.1) is 0 Å².